The Morgan fingerprint density at radius 3 is 2.59 bits per heavy atom. The van der Waals surface area contributed by atoms with Crippen molar-refractivity contribution in [1.29, 1.82) is 0 Å². The smallest absolute Gasteiger partial charge is 0.258 e. The fourth-order valence-electron chi connectivity index (χ4n) is 3.47. The van der Waals surface area contributed by atoms with Crippen LogP contribution in [-0.4, -0.2) is 53.9 Å². The Kier molecular flexibility index (Phi) is 5.12. The Balaban J connectivity index is 1.56. The molecule has 1 aromatic heterocycles. The number of morpholine rings is 1. The quantitative estimate of drug-likeness (QED) is 0.683. The Labute approximate surface area is 168 Å². The highest BCUT2D eigenvalue weighted by molar-refractivity contribution is 7.89. The summed E-state index contributed by atoms with van der Waals surface area (Å²) >= 11 is 0. The molecule has 1 aliphatic rings. The maximum absolute atomic E-state index is 13.0. The number of para-hydroxylation sites is 2. The van der Waals surface area contributed by atoms with Gasteiger partial charge in [0, 0.05) is 18.7 Å². The van der Waals surface area contributed by atoms with E-state index in [4.69, 9.17) is 4.74 Å². The zero-order valence-corrected chi connectivity index (χ0v) is 16.9. The van der Waals surface area contributed by atoms with Gasteiger partial charge in [-0.05, 0) is 44.2 Å². The summed E-state index contributed by atoms with van der Waals surface area (Å²) in [6.45, 7) is 4.24. The molecular formula is C20H22N4O4S. The first-order chi connectivity index (χ1) is 13.8. The van der Waals surface area contributed by atoms with Crippen LogP contribution in [0.3, 0.4) is 0 Å². The van der Waals surface area contributed by atoms with E-state index >= 15 is 0 Å². The number of anilines is 1. The Morgan fingerprint density at radius 1 is 1.14 bits per heavy atom. The molecule has 2 heterocycles. The zero-order valence-electron chi connectivity index (χ0n) is 16.1. The monoisotopic (exact) mass is 414 g/mol. The van der Waals surface area contributed by atoms with Crippen molar-refractivity contribution in [1.82, 2.24) is 14.3 Å². The van der Waals surface area contributed by atoms with Crippen molar-refractivity contribution in [2.45, 2.75) is 31.0 Å². The van der Waals surface area contributed by atoms with Crippen LogP contribution in [0, 0.1) is 0 Å². The topological polar surface area (TPSA) is 104 Å². The fourth-order valence-corrected chi connectivity index (χ4v) is 5.10. The highest BCUT2D eigenvalue weighted by Crippen LogP contribution is 2.22. The number of nitrogens with one attached hydrogen (secondary N) is 2. The predicted molar refractivity (Wildman–Crippen MR) is 109 cm³/mol. The van der Waals surface area contributed by atoms with Crippen molar-refractivity contribution in [3.05, 3.63) is 54.1 Å². The van der Waals surface area contributed by atoms with E-state index < -0.39 is 15.9 Å². The minimum atomic E-state index is -3.73. The molecule has 2 aromatic carbocycles. The number of fused-ring (bicyclic) bond motifs is 1. The zero-order chi connectivity index (χ0) is 20.6. The van der Waals surface area contributed by atoms with Crippen LogP contribution in [-0.2, 0) is 14.8 Å². The fraction of sp³-hybridized carbons (Fsp3) is 0.300. The summed E-state index contributed by atoms with van der Waals surface area (Å²) in [6, 6.07) is 13.4. The molecule has 29 heavy (non-hydrogen) atoms. The van der Waals surface area contributed by atoms with Crippen LogP contribution in [0.4, 0.5) is 5.95 Å². The molecule has 1 amide bonds. The number of ether oxygens (including phenoxy) is 1. The molecule has 0 unspecified atom stereocenters. The molecule has 152 valence electrons. The number of amides is 1. The Hall–Kier alpha value is -2.75. The number of rotatable bonds is 4. The molecule has 1 saturated heterocycles. The number of hydrogen-bond donors (Lipinski definition) is 2. The van der Waals surface area contributed by atoms with E-state index in [0.29, 0.717) is 5.95 Å². The molecule has 1 aliphatic heterocycles. The SMILES string of the molecule is C[C@@H]1CN(S(=O)(=O)c2cccc(C(=O)Nc3nc4ccccc4[nH]3)c2)C[C@@H](C)O1. The van der Waals surface area contributed by atoms with Crippen molar-refractivity contribution in [3.8, 4) is 0 Å². The second-order valence-corrected chi connectivity index (χ2v) is 9.10. The molecular weight excluding hydrogens is 392 g/mol. The third kappa shape index (κ3) is 4.02. The summed E-state index contributed by atoms with van der Waals surface area (Å²) in [5, 5.41) is 2.69. The Morgan fingerprint density at radius 2 is 1.86 bits per heavy atom. The van der Waals surface area contributed by atoms with Gasteiger partial charge in [0.2, 0.25) is 16.0 Å². The van der Waals surface area contributed by atoms with Gasteiger partial charge in [-0.3, -0.25) is 10.1 Å². The molecule has 1 fully saturated rings. The van der Waals surface area contributed by atoms with Gasteiger partial charge in [0.1, 0.15) is 0 Å². The summed E-state index contributed by atoms with van der Waals surface area (Å²) in [7, 11) is -3.73. The van der Waals surface area contributed by atoms with Gasteiger partial charge in [0.25, 0.3) is 5.91 Å². The van der Waals surface area contributed by atoms with Gasteiger partial charge in [-0.2, -0.15) is 4.31 Å². The molecule has 3 aromatic rings. The molecule has 0 saturated carbocycles. The molecule has 0 spiro atoms. The van der Waals surface area contributed by atoms with Crippen LogP contribution in [0.5, 0.6) is 0 Å². The average Bonchev–Trinajstić information content (AvgIpc) is 3.09. The van der Waals surface area contributed by atoms with Gasteiger partial charge in [-0.25, -0.2) is 13.4 Å². The summed E-state index contributed by atoms with van der Waals surface area (Å²) in [6.07, 6.45) is -0.374. The highest BCUT2D eigenvalue weighted by Gasteiger charge is 2.32. The van der Waals surface area contributed by atoms with E-state index in [1.165, 1.54) is 16.4 Å². The number of sulfonamides is 1. The molecule has 0 aliphatic carbocycles. The van der Waals surface area contributed by atoms with Crippen molar-refractivity contribution in [2.75, 3.05) is 18.4 Å². The molecule has 0 radical (unpaired) electrons. The maximum Gasteiger partial charge on any atom is 0.258 e. The van der Waals surface area contributed by atoms with E-state index in [0.717, 1.165) is 11.0 Å². The van der Waals surface area contributed by atoms with Crippen LogP contribution in [0.2, 0.25) is 0 Å². The van der Waals surface area contributed by atoms with Crippen LogP contribution in [0.25, 0.3) is 11.0 Å². The summed E-state index contributed by atoms with van der Waals surface area (Å²) in [5.41, 5.74) is 1.77. The van der Waals surface area contributed by atoms with Crippen LogP contribution in [0.1, 0.15) is 24.2 Å². The number of carbonyl (C=O) groups excluding carboxylic acids is 1. The van der Waals surface area contributed by atoms with Gasteiger partial charge in [-0.15, -0.1) is 0 Å². The van der Waals surface area contributed by atoms with E-state index in [9.17, 15) is 13.2 Å². The number of H-pyrrole nitrogens is 1. The molecule has 2 N–H and O–H groups in total. The first-order valence-electron chi connectivity index (χ1n) is 9.35. The second kappa shape index (κ2) is 7.58. The summed E-state index contributed by atoms with van der Waals surface area (Å²) in [5.74, 6) is -0.134. The van der Waals surface area contributed by atoms with Gasteiger partial charge < -0.3 is 9.72 Å². The summed E-state index contributed by atoms with van der Waals surface area (Å²) in [4.78, 5) is 20.1. The van der Waals surface area contributed by atoms with E-state index in [-0.39, 0.29) is 35.8 Å². The highest BCUT2D eigenvalue weighted by atomic mass is 32.2. The molecule has 0 bridgehead atoms. The minimum absolute atomic E-state index is 0.0797. The number of aromatic amines is 1. The van der Waals surface area contributed by atoms with Gasteiger partial charge in [-0.1, -0.05) is 18.2 Å². The number of carbonyl (C=O) groups is 1. The minimum Gasteiger partial charge on any atom is -0.373 e. The number of imidazole rings is 1. The lowest BCUT2D eigenvalue weighted by Gasteiger charge is -2.34. The average molecular weight is 414 g/mol. The van der Waals surface area contributed by atoms with Crippen molar-refractivity contribution >= 4 is 32.9 Å². The lowest BCUT2D eigenvalue weighted by molar-refractivity contribution is -0.0440. The molecule has 2 atom stereocenters. The standard InChI is InChI=1S/C20H22N4O4S/c1-13-11-24(12-14(2)28-13)29(26,27)16-7-5-6-15(10-16)19(25)23-20-21-17-8-3-4-9-18(17)22-20/h3-10,13-14H,11-12H2,1-2H3,(H2,21,22,23,25)/t13-,14-/m1/s1. The van der Waals surface area contributed by atoms with Crippen LogP contribution < -0.4 is 5.32 Å². The third-order valence-electron chi connectivity index (χ3n) is 4.74. The van der Waals surface area contributed by atoms with Crippen molar-refractivity contribution in [3.63, 3.8) is 0 Å². The van der Waals surface area contributed by atoms with E-state index in [1.54, 1.807) is 12.1 Å². The number of benzene rings is 2. The number of nitrogens with zero attached hydrogens (tertiary/aromatic N) is 2. The van der Waals surface area contributed by atoms with Crippen LogP contribution in [0.15, 0.2) is 53.4 Å². The Bertz CT molecular complexity index is 1120. The second-order valence-electron chi connectivity index (χ2n) is 7.16. The number of hydrogen-bond acceptors (Lipinski definition) is 5. The van der Waals surface area contributed by atoms with Gasteiger partial charge in [0.15, 0.2) is 0 Å². The van der Waals surface area contributed by atoms with Gasteiger partial charge in [0.05, 0.1) is 28.1 Å². The van der Waals surface area contributed by atoms with E-state index in [1.807, 2.05) is 38.1 Å². The first kappa shape index (κ1) is 19.6. The predicted octanol–water partition coefficient (Wildman–Crippen LogP) is 2.61. The molecule has 4 rings (SSSR count). The third-order valence-corrected chi connectivity index (χ3v) is 6.57. The lowest BCUT2D eigenvalue weighted by Crippen LogP contribution is -2.48. The number of aromatic nitrogens is 2. The van der Waals surface area contributed by atoms with E-state index in [2.05, 4.69) is 15.3 Å². The summed E-state index contributed by atoms with van der Waals surface area (Å²) < 4.78 is 33.1. The lowest BCUT2D eigenvalue weighted by atomic mass is 10.2. The van der Waals surface area contributed by atoms with Crippen molar-refractivity contribution < 1.29 is 17.9 Å². The normalized spacial score (nSPS) is 20.6. The van der Waals surface area contributed by atoms with Crippen LogP contribution >= 0.6 is 0 Å². The van der Waals surface area contributed by atoms with Crippen molar-refractivity contribution in [2.24, 2.45) is 0 Å². The van der Waals surface area contributed by atoms with Gasteiger partial charge >= 0.3 is 0 Å². The molecule has 9 heteroatoms. The maximum atomic E-state index is 13.0. The first-order valence-corrected chi connectivity index (χ1v) is 10.8. The molecule has 8 nitrogen and oxygen atoms in total. The largest absolute Gasteiger partial charge is 0.373 e.